The standard InChI is InChI=1S/C31H27NO4/c33-29-27-25-21-13-4-5-14-22(21)26(24-16-7-6-15-23(24)25)28(27)30(34)32(29)19-10-8-9-18(17-19)31(35)36-20-11-2-1-3-12-20/h4-10,13-17,20,25-28H,1-3,11-12H2/t25?,26?,27-,28-/m0/s1. The highest BCUT2D eigenvalue weighted by atomic mass is 16.5. The van der Waals surface area contributed by atoms with Gasteiger partial charge in [0.25, 0.3) is 0 Å². The van der Waals surface area contributed by atoms with Crippen LogP contribution in [0.2, 0.25) is 0 Å². The number of amides is 2. The third kappa shape index (κ3) is 3.05. The molecule has 2 bridgehead atoms. The molecule has 1 aliphatic heterocycles. The maximum atomic E-state index is 13.9. The van der Waals surface area contributed by atoms with Gasteiger partial charge in [-0.1, -0.05) is 61.0 Å². The molecule has 3 aromatic rings. The maximum Gasteiger partial charge on any atom is 0.338 e. The van der Waals surface area contributed by atoms with Gasteiger partial charge in [-0.3, -0.25) is 9.59 Å². The number of benzene rings is 3. The van der Waals surface area contributed by atoms with Crippen molar-refractivity contribution in [1.29, 1.82) is 0 Å². The van der Waals surface area contributed by atoms with Crippen LogP contribution in [0.15, 0.2) is 72.8 Å². The highest BCUT2D eigenvalue weighted by molar-refractivity contribution is 6.23. The molecule has 2 fully saturated rings. The molecule has 3 aromatic carbocycles. The zero-order valence-corrected chi connectivity index (χ0v) is 19.9. The van der Waals surface area contributed by atoms with Crippen molar-refractivity contribution in [3.63, 3.8) is 0 Å². The predicted molar refractivity (Wildman–Crippen MR) is 135 cm³/mol. The monoisotopic (exact) mass is 477 g/mol. The van der Waals surface area contributed by atoms with Gasteiger partial charge in [0.1, 0.15) is 6.10 Å². The van der Waals surface area contributed by atoms with E-state index < -0.39 is 11.8 Å². The molecule has 0 radical (unpaired) electrons. The maximum absolute atomic E-state index is 13.9. The molecule has 1 saturated carbocycles. The van der Waals surface area contributed by atoms with Crippen molar-refractivity contribution in [3.05, 3.63) is 101 Å². The second kappa shape index (κ2) is 8.16. The highest BCUT2D eigenvalue weighted by Gasteiger charge is 2.61. The molecule has 1 heterocycles. The Labute approximate surface area is 210 Å². The summed E-state index contributed by atoms with van der Waals surface area (Å²) in [5, 5.41) is 0. The van der Waals surface area contributed by atoms with Crippen molar-refractivity contribution in [1.82, 2.24) is 0 Å². The lowest BCUT2D eigenvalue weighted by atomic mass is 9.55. The van der Waals surface area contributed by atoms with E-state index in [1.165, 1.54) is 11.3 Å². The molecule has 4 aliphatic carbocycles. The number of hydrogen-bond acceptors (Lipinski definition) is 4. The van der Waals surface area contributed by atoms with Gasteiger partial charge < -0.3 is 4.74 Å². The Morgan fingerprint density at radius 3 is 1.75 bits per heavy atom. The molecule has 0 unspecified atom stereocenters. The second-order valence-corrected chi connectivity index (χ2v) is 10.5. The number of carbonyl (C=O) groups is 3. The largest absolute Gasteiger partial charge is 0.459 e. The van der Waals surface area contributed by atoms with E-state index in [1.54, 1.807) is 24.3 Å². The summed E-state index contributed by atoms with van der Waals surface area (Å²) in [5.41, 5.74) is 5.42. The zero-order valence-electron chi connectivity index (χ0n) is 19.9. The first-order valence-corrected chi connectivity index (χ1v) is 13.0. The fourth-order valence-electron chi connectivity index (χ4n) is 7.11. The van der Waals surface area contributed by atoms with E-state index in [0.717, 1.165) is 47.9 Å². The van der Waals surface area contributed by atoms with Gasteiger partial charge in [-0.15, -0.1) is 0 Å². The van der Waals surface area contributed by atoms with E-state index in [4.69, 9.17) is 4.74 Å². The Bertz CT molecular complexity index is 1290. The number of rotatable bonds is 3. The molecule has 8 rings (SSSR count). The summed E-state index contributed by atoms with van der Waals surface area (Å²) in [7, 11) is 0. The molecule has 180 valence electrons. The zero-order chi connectivity index (χ0) is 24.4. The van der Waals surface area contributed by atoms with E-state index in [2.05, 4.69) is 24.3 Å². The van der Waals surface area contributed by atoms with Gasteiger partial charge in [-0.2, -0.15) is 0 Å². The molecular formula is C31H27NO4. The van der Waals surface area contributed by atoms with E-state index in [9.17, 15) is 14.4 Å². The van der Waals surface area contributed by atoms with Crippen LogP contribution < -0.4 is 4.90 Å². The summed E-state index contributed by atoms with van der Waals surface area (Å²) < 4.78 is 5.74. The van der Waals surface area contributed by atoms with Gasteiger partial charge in [0.2, 0.25) is 11.8 Å². The minimum atomic E-state index is -0.440. The fourth-order valence-corrected chi connectivity index (χ4v) is 7.11. The summed E-state index contributed by atoms with van der Waals surface area (Å²) in [6, 6.07) is 23.2. The number of esters is 1. The third-order valence-electron chi connectivity index (χ3n) is 8.61. The van der Waals surface area contributed by atoms with Crippen LogP contribution in [0.5, 0.6) is 0 Å². The lowest BCUT2D eigenvalue weighted by molar-refractivity contribution is -0.122. The molecule has 1 saturated heterocycles. The number of hydrogen-bond donors (Lipinski definition) is 0. The molecule has 36 heavy (non-hydrogen) atoms. The van der Waals surface area contributed by atoms with Crippen LogP contribution in [0, 0.1) is 11.8 Å². The third-order valence-corrected chi connectivity index (χ3v) is 8.61. The minimum absolute atomic E-state index is 0.0551. The van der Waals surface area contributed by atoms with Gasteiger partial charge in [0.15, 0.2) is 0 Å². The van der Waals surface area contributed by atoms with E-state index in [0.29, 0.717) is 11.3 Å². The van der Waals surface area contributed by atoms with Gasteiger partial charge in [0, 0.05) is 11.8 Å². The van der Waals surface area contributed by atoms with Crippen molar-refractivity contribution >= 4 is 23.5 Å². The van der Waals surface area contributed by atoms with Crippen molar-refractivity contribution < 1.29 is 19.1 Å². The Kier molecular flexibility index (Phi) is 4.88. The molecule has 0 spiro atoms. The first-order chi connectivity index (χ1) is 17.6. The topological polar surface area (TPSA) is 63.7 Å². The van der Waals surface area contributed by atoms with E-state index in [1.807, 2.05) is 24.3 Å². The van der Waals surface area contributed by atoms with Crippen molar-refractivity contribution in [2.75, 3.05) is 4.90 Å². The summed E-state index contributed by atoms with van der Waals surface area (Å²) in [5.74, 6) is -1.92. The van der Waals surface area contributed by atoms with Crippen molar-refractivity contribution in [2.45, 2.75) is 50.0 Å². The summed E-state index contributed by atoms with van der Waals surface area (Å²) in [4.78, 5) is 42.1. The fraction of sp³-hybridized carbons (Fsp3) is 0.323. The van der Waals surface area contributed by atoms with Crippen LogP contribution in [0.25, 0.3) is 0 Å². The van der Waals surface area contributed by atoms with Crippen LogP contribution in [-0.4, -0.2) is 23.9 Å². The number of anilines is 1. The van der Waals surface area contributed by atoms with Crippen molar-refractivity contribution in [2.24, 2.45) is 11.8 Å². The van der Waals surface area contributed by atoms with Crippen LogP contribution in [0.4, 0.5) is 5.69 Å². The Morgan fingerprint density at radius 2 is 1.22 bits per heavy atom. The van der Waals surface area contributed by atoms with Gasteiger partial charge >= 0.3 is 5.97 Å². The molecule has 0 aromatic heterocycles. The van der Waals surface area contributed by atoms with Crippen LogP contribution >= 0.6 is 0 Å². The number of ether oxygens (including phenoxy) is 1. The Morgan fingerprint density at radius 1 is 0.694 bits per heavy atom. The van der Waals surface area contributed by atoms with Crippen molar-refractivity contribution in [3.8, 4) is 0 Å². The Balaban J connectivity index is 1.25. The Hall–Kier alpha value is -3.73. The molecular weight excluding hydrogens is 450 g/mol. The molecule has 2 amide bonds. The predicted octanol–water partition coefficient (Wildman–Crippen LogP) is 5.57. The SMILES string of the molecule is O=C(OC1CCCCC1)c1cccc(N2C(=O)[C@H]3C4c5ccccc5C(c5ccccc54)[C@@H]3C2=O)c1. The first-order valence-electron chi connectivity index (χ1n) is 13.0. The average Bonchev–Trinajstić information content (AvgIpc) is 3.19. The van der Waals surface area contributed by atoms with Gasteiger partial charge in [-0.05, 0) is 66.1 Å². The number of imide groups is 1. The molecule has 5 nitrogen and oxygen atoms in total. The smallest absolute Gasteiger partial charge is 0.338 e. The quantitative estimate of drug-likeness (QED) is 0.365. The van der Waals surface area contributed by atoms with Crippen LogP contribution in [0.3, 0.4) is 0 Å². The summed E-state index contributed by atoms with van der Waals surface area (Å²) >= 11 is 0. The highest BCUT2D eigenvalue weighted by Crippen LogP contribution is 2.61. The lowest BCUT2D eigenvalue weighted by Gasteiger charge is -2.45. The second-order valence-electron chi connectivity index (χ2n) is 10.5. The van der Waals surface area contributed by atoms with Crippen LogP contribution in [0.1, 0.15) is 76.6 Å². The molecule has 0 N–H and O–H groups in total. The van der Waals surface area contributed by atoms with E-state index in [-0.39, 0.29) is 35.7 Å². The summed E-state index contributed by atoms with van der Waals surface area (Å²) in [6.07, 6.45) is 5.06. The lowest BCUT2D eigenvalue weighted by Crippen LogP contribution is -2.41. The number of carbonyl (C=O) groups excluding carboxylic acids is 3. The summed E-state index contributed by atoms with van der Waals surface area (Å²) in [6.45, 7) is 0. The minimum Gasteiger partial charge on any atom is -0.459 e. The van der Waals surface area contributed by atoms with Gasteiger partial charge in [-0.25, -0.2) is 9.69 Å². The van der Waals surface area contributed by atoms with E-state index >= 15 is 0 Å². The number of nitrogens with zero attached hydrogens (tertiary/aromatic N) is 1. The van der Waals surface area contributed by atoms with Gasteiger partial charge in [0.05, 0.1) is 23.1 Å². The van der Waals surface area contributed by atoms with Crippen LogP contribution in [-0.2, 0) is 14.3 Å². The first kappa shape index (κ1) is 21.5. The molecule has 2 atom stereocenters. The average molecular weight is 478 g/mol. The molecule has 5 aliphatic rings. The normalized spacial score (nSPS) is 26.4. The molecule has 5 heteroatoms.